The van der Waals surface area contributed by atoms with Crippen molar-refractivity contribution < 1.29 is 17.9 Å². The SMILES string of the molecule is CCCC(C)COc1ccc(C(N)=S)cc1C(F)(F)F. The zero-order chi connectivity index (χ0) is 15.3. The lowest BCUT2D eigenvalue weighted by atomic mass is 10.1. The fourth-order valence-electron chi connectivity index (χ4n) is 1.84. The Balaban J connectivity index is 2.98. The number of alkyl halides is 3. The Labute approximate surface area is 122 Å². The number of ether oxygens (including phenoxy) is 1. The molecule has 20 heavy (non-hydrogen) atoms. The number of nitrogens with two attached hydrogens (primary N) is 1. The Kier molecular flexibility index (Phi) is 5.80. The summed E-state index contributed by atoms with van der Waals surface area (Å²) in [5, 5.41) is 0. The number of thiocarbonyl (C=S) groups is 1. The topological polar surface area (TPSA) is 35.2 Å². The van der Waals surface area contributed by atoms with E-state index in [1.807, 2.05) is 13.8 Å². The third-order valence-corrected chi connectivity index (χ3v) is 3.11. The van der Waals surface area contributed by atoms with Gasteiger partial charge in [-0.05, 0) is 30.5 Å². The molecule has 0 amide bonds. The molecule has 0 saturated heterocycles. The van der Waals surface area contributed by atoms with Crippen molar-refractivity contribution in [3.05, 3.63) is 29.3 Å². The average Bonchev–Trinajstić information content (AvgIpc) is 2.35. The summed E-state index contributed by atoms with van der Waals surface area (Å²) in [4.78, 5) is -0.0681. The molecule has 0 radical (unpaired) electrons. The van der Waals surface area contributed by atoms with E-state index in [0.717, 1.165) is 18.9 Å². The molecule has 0 aliphatic carbocycles. The molecule has 1 rings (SSSR count). The lowest BCUT2D eigenvalue weighted by Gasteiger charge is -2.17. The number of hydrogen-bond acceptors (Lipinski definition) is 2. The molecule has 1 atom stereocenters. The third-order valence-electron chi connectivity index (χ3n) is 2.87. The summed E-state index contributed by atoms with van der Waals surface area (Å²) in [5.74, 6) is 0.0248. The molecule has 1 unspecified atom stereocenters. The van der Waals surface area contributed by atoms with E-state index in [9.17, 15) is 13.2 Å². The Hall–Kier alpha value is -1.30. The van der Waals surface area contributed by atoms with Crippen molar-refractivity contribution in [3.8, 4) is 5.75 Å². The predicted octanol–water partition coefficient (Wildman–Crippen LogP) is 4.15. The van der Waals surface area contributed by atoms with Crippen molar-refractivity contribution in [2.45, 2.75) is 32.9 Å². The van der Waals surface area contributed by atoms with Crippen LogP contribution in [0.2, 0.25) is 0 Å². The van der Waals surface area contributed by atoms with E-state index < -0.39 is 11.7 Å². The second kappa shape index (κ2) is 6.92. The number of rotatable bonds is 6. The van der Waals surface area contributed by atoms with Gasteiger partial charge in [-0.3, -0.25) is 0 Å². The fraction of sp³-hybridized carbons (Fsp3) is 0.500. The van der Waals surface area contributed by atoms with Crippen molar-refractivity contribution in [1.29, 1.82) is 0 Å². The van der Waals surface area contributed by atoms with Crippen LogP contribution < -0.4 is 10.5 Å². The van der Waals surface area contributed by atoms with Gasteiger partial charge in [0.05, 0.1) is 12.2 Å². The molecule has 0 fully saturated rings. The standard InChI is InChI=1S/C14H18F3NOS/c1-3-4-9(2)8-19-12-6-5-10(13(18)20)7-11(12)14(15,16)17/h5-7,9H,3-4,8H2,1-2H3,(H2,18,20). The Morgan fingerprint density at radius 2 is 2.05 bits per heavy atom. The van der Waals surface area contributed by atoms with Gasteiger partial charge in [0.2, 0.25) is 0 Å². The van der Waals surface area contributed by atoms with Gasteiger partial charge in [-0.15, -0.1) is 0 Å². The maximum absolute atomic E-state index is 13.0. The third kappa shape index (κ3) is 4.67. The van der Waals surface area contributed by atoms with Gasteiger partial charge in [-0.2, -0.15) is 13.2 Å². The van der Waals surface area contributed by atoms with Crippen LogP contribution >= 0.6 is 12.2 Å². The second-order valence-corrected chi connectivity index (χ2v) is 5.22. The van der Waals surface area contributed by atoms with Crippen LogP contribution in [0.5, 0.6) is 5.75 Å². The lowest BCUT2D eigenvalue weighted by molar-refractivity contribution is -0.139. The highest BCUT2D eigenvalue weighted by Crippen LogP contribution is 2.37. The summed E-state index contributed by atoms with van der Waals surface area (Å²) in [5.41, 5.74) is 4.70. The van der Waals surface area contributed by atoms with Gasteiger partial charge >= 0.3 is 6.18 Å². The molecule has 0 aliphatic rings. The Morgan fingerprint density at radius 1 is 1.40 bits per heavy atom. The van der Waals surface area contributed by atoms with E-state index in [-0.39, 0.29) is 28.8 Å². The molecule has 0 aromatic heterocycles. The molecular weight excluding hydrogens is 287 g/mol. The Bertz CT molecular complexity index is 474. The zero-order valence-electron chi connectivity index (χ0n) is 11.5. The molecule has 0 spiro atoms. The number of benzene rings is 1. The van der Waals surface area contributed by atoms with Gasteiger partial charge in [0, 0.05) is 5.56 Å². The minimum Gasteiger partial charge on any atom is -0.493 e. The van der Waals surface area contributed by atoms with Crippen molar-refractivity contribution in [2.75, 3.05) is 6.61 Å². The minimum atomic E-state index is -4.50. The normalized spacial score (nSPS) is 13.1. The first-order chi connectivity index (χ1) is 9.25. The first-order valence-corrected chi connectivity index (χ1v) is 6.80. The molecule has 112 valence electrons. The van der Waals surface area contributed by atoms with E-state index in [4.69, 9.17) is 22.7 Å². The smallest absolute Gasteiger partial charge is 0.419 e. The van der Waals surface area contributed by atoms with Gasteiger partial charge in [0.15, 0.2) is 0 Å². The molecule has 2 nitrogen and oxygen atoms in total. The van der Waals surface area contributed by atoms with Crippen LogP contribution in [-0.2, 0) is 6.18 Å². The van der Waals surface area contributed by atoms with Crippen LogP contribution in [0.3, 0.4) is 0 Å². The van der Waals surface area contributed by atoms with Crippen molar-refractivity contribution >= 4 is 17.2 Å². The van der Waals surface area contributed by atoms with Gasteiger partial charge < -0.3 is 10.5 Å². The van der Waals surface area contributed by atoms with Crippen molar-refractivity contribution in [2.24, 2.45) is 11.7 Å². The highest BCUT2D eigenvalue weighted by Gasteiger charge is 2.35. The largest absolute Gasteiger partial charge is 0.493 e. The van der Waals surface area contributed by atoms with E-state index in [1.54, 1.807) is 0 Å². The van der Waals surface area contributed by atoms with Crippen LogP contribution in [0, 0.1) is 5.92 Å². The summed E-state index contributed by atoms with van der Waals surface area (Å²) >= 11 is 4.70. The quantitative estimate of drug-likeness (QED) is 0.802. The summed E-state index contributed by atoms with van der Waals surface area (Å²) in [6.45, 7) is 4.22. The molecule has 0 saturated carbocycles. The van der Waals surface area contributed by atoms with Crippen molar-refractivity contribution in [3.63, 3.8) is 0 Å². The Morgan fingerprint density at radius 3 is 2.55 bits per heavy atom. The van der Waals surface area contributed by atoms with E-state index in [0.29, 0.717) is 0 Å². The summed E-state index contributed by atoms with van der Waals surface area (Å²) in [6, 6.07) is 3.65. The molecule has 0 aliphatic heterocycles. The van der Waals surface area contributed by atoms with Crippen LogP contribution in [0.15, 0.2) is 18.2 Å². The highest BCUT2D eigenvalue weighted by atomic mass is 32.1. The first-order valence-electron chi connectivity index (χ1n) is 6.39. The van der Waals surface area contributed by atoms with Gasteiger partial charge in [0.1, 0.15) is 10.7 Å². The molecular formula is C14H18F3NOS. The monoisotopic (exact) mass is 305 g/mol. The highest BCUT2D eigenvalue weighted by molar-refractivity contribution is 7.80. The predicted molar refractivity (Wildman–Crippen MR) is 76.9 cm³/mol. The van der Waals surface area contributed by atoms with E-state index >= 15 is 0 Å². The fourth-order valence-corrected chi connectivity index (χ4v) is 1.97. The summed E-state index contributed by atoms with van der Waals surface area (Å²) in [7, 11) is 0. The van der Waals surface area contributed by atoms with Gasteiger partial charge in [-0.1, -0.05) is 32.5 Å². The maximum Gasteiger partial charge on any atom is 0.419 e. The average molecular weight is 305 g/mol. The number of halogens is 3. The number of hydrogen-bond donors (Lipinski definition) is 1. The van der Waals surface area contributed by atoms with Crippen LogP contribution in [-0.4, -0.2) is 11.6 Å². The molecule has 6 heteroatoms. The van der Waals surface area contributed by atoms with Crippen molar-refractivity contribution in [1.82, 2.24) is 0 Å². The molecule has 0 heterocycles. The molecule has 1 aromatic rings. The maximum atomic E-state index is 13.0. The second-order valence-electron chi connectivity index (χ2n) is 4.78. The van der Waals surface area contributed by atoms with Gasteiger partial charge in [0.25, 0.3) is 0 Å². The summed E-state index contributed by atoms with van der Waals surface area (Å²) < 4.78 is 44.3. The minimum absolute atomic E-state index is 0.0681. The molecule has 2 N–H and O–H groups in total. The lowest BCUT2D eigenvalue weighted by Crippen LogP contribution is -2.16. The van der Waals surface area contributed by atoms with E-state index in [2.05, 4.69) is 0 Å². The van der Waals surface area contributed by atoms with E-state index in [1.165, 1.54) is 12.1 Å². The van der Waals surface area contributed by atoms with Gasteiger partial charge in [-0.25, -0.2) is 0 Å². The molecule has 0 bridgehead atoms. The van der Waals surface area contributed by atoms with Crippen LogP contribution in [0.1, 0.15) is 37.8 Å². The zero-order valence-corrected chi connectivity index (χ0v) is 12.3. The van der Waals surface area contributed by atoms with Crippen LogP contribution in [0.25, 0.3) is 0 Å². The van der Waals surface area contributed by atoms with Crippen LogP contribution in [0.4, 0.5) is 13.2 Å². The first kappa shape index (κ1) is 16.8. The molecule has 1 aromatic carbocycles. The summed E-state index contributed by atoms with van der Waals surface area (Å²) in [6.07, 6.45) is -2.62.